The van der Waals surface area contributed by atoms with Gasteiger partial charge in [-0.25, -0.2) is 4.79 Å². The summed E-state index contributed by atoms with van der Waals surface area (Å²) in [6, 6.07) is 8.90. The minimum atomic E-state index is -0.483. The molecule has 28 heavy (non-hydrogen) atoms. The maximum atomic E-state index is 11.7. The van der Waals surface area contributed by atoms with Crippen molar-refractivity contribution >= 4 is 12.0 Å². The van der Waals surface area contributed by atoms with Gasteiger partial charge in [-0.1, -0.05) is 0 Å². The highest BCUT2D eigenvalue weighted by Crippen LogP contribution is 2.12. The van der Waals surface area contributed by atoms with Gasteiger partial charge in [0.15, 0.2) is 0 Å². The van der Waals surface area contributed by atoms with Crippen LogP contribution in [0.1, 0.15) is 5.56 Å². The fraction of sp³-hybridized carbons (Fsp3) is 0.421. The van der Waals surface area contributed by atoms with E-state index in [1.54, 1.807) is 13.3 Å². The highest BCUT2D eigenvalue weighted by molar-refractivity contribution is 5.80. The molecule has 1 N–H and O–H groups in total. The van der Waals surface area contributed by atoms with Gasteiger partial charge in [-0.15, -0.1) is 0 Å². The summed E-state index contributed by atoms with van der Waals surface area (Å²) in [5.41, 5.74) is 0.000992. The molecule has 9 nitrogen and oxygen atoms in total. The Morgan fingerprint density at radius 2 is 1.96 bits per heavy atom. The molecule has 9 heteroatoms. The van der Waals surface area contributed by atoms with Crippen LogP contribution in [0.4, 0.5) is 5.82 Å². The first kappa shape index (κ1) is 19.8. The van der Waals surface area contributed by atoms with E-state index in [4.69, 9.17) is 9.47 Å². The monoisotopic (exact) mass is 387 g/mol. The molecule has 1 aliphatic heterocycles. The van der Waals surface area contributed by atoms with Crippen molar-refractivity contribution < 1.29 is 9.47 Å². The number of morpholine rings is 1. The molecule has 150 valence electrons. The van der Waals surface area contributed by atoms with Crippen LogP contribution in [-0.4, -0.2) is 67.2 Å². The first-order chi connectivity index (χ1) is 13.5. The molecule has 0 spiro atoms. The largest absolute Gasteiger partial charge is 0.492 e. The quantitative estimate of drug-likeness (QED) is 0.541. The minimum absolute atomic E-state index is 0.326. The van der Waals surface area contributed by atoms with Gasteiger partial charge in [-0.2, -0.15) is 5.10 Å². The standard InChI is InChI=1S/C19H25N5O4/c1-22-18(25)13-17(21-19(22)26)23(2)20-14-15-3-5-16(6-4-15)28-12-9-24-7-10-27-11-8-24/h3-6,13-14H,7-12H2,1-2H3,(H,21,26)/b20-14+. The number of hydrazone groups is 1. The summed E-state index contributed by atoms with van der Waals surface area (Å²) in [5.74, 6) is 1.13. The molecule has 0 bridgehead atoms. The fourth-order valence-electron chi connectivity index (χ4n) is 2.70. The van der Waals surface area contributed by atoms with Crippen molar-refractivity contribution in [3.05, 3.63) is 56.7 Å². The van der Waals surface area contributed by atoms with Crippen LogP contribution in [0.2, 0.25) is 0 Å². The normalized spacial score (nSPS) is 15.1. The number of ether oxygens (including phenoxy) is 2. The molecule has 0 saturated carbocycles. The number of nitrogens with zero attached hydrogens (tertiary/aromatic N) is 4. The molecule has 2 heterocycles. The third kappa shape index (κ3) is 5.30. The average Bonchev–Trinajstić information content (AvgIpc) is 2.71. The van der Waals surface area contributed by atoms with Crippen LogP contribution in [0.5, 0.6) is 5.75 Å². The van der Waals surface area contributed by atoms with Crippen molar-refractivity contribution in [2.75, 3.05) is 51.5 Å². The molecule has 0 aliphatic carbocycles. The fourth-order valence-corrected chi connectivity index (χ4v) is 2.70. The lowest BCUT2D eigenvalue weighted by Gasteiger charge is -2.26. The lowest BCUT2D eigenvalue weighted by Crippen LogP contribution is -2.38. The van der Waals surface area contributed by atoms with Crippen LogP contribution in [0, 0.1) is 0 Å². The lowest BCUT2D eigenvalue weighted by atomic mass is 10.2. The van der Waals surface area contributed by atoms with Crippen LogP contribution < -0.4 is 21.0 Å². The molecule has 0 atom stereocenters. The molecule has 1 fully saturated rings. The zero-order valence-corrected chi connectivity index (χ0v) is 16.1. The van der Waals surface area contributed by atoms with Crippen LogP contribution in [0.3, 0.4) is 0 Å². The van der Waals surface area contributed by atoms with Gasteiger partial charge >= 0.3 is 5.69 Å². The first-order valence-electron chi connectivity index (χ1n) is 9.14. The number of H-pyrrole nitrogens is 1. The molecule has 1 aromatic heterocycles. The number of anilines is 1. The zero-order chi connectivity index (χ0) is 19.9. The first-order valence-corrected chi connectivity index (χ1v) is 9.14. The van der Waals surface area contributed by atoms with E-state index in [1.807, 2.05) is 24.3 Å². The number of hydrogen-bond acceptors (Lipinski definition) is 7. The van der Waals surface area contributed by atoms with Crippen LogP contribution in [0.15, 0.2) is 45.0 Å². The minimum Gasteiger partial charge on any atom is -0.492 e. The number of aromatic nitrogens is 2. The van der Waals surface area contributed by atoms with E-state index in [0.717, 1.165) is 48.7 Å². The molecule has 1 aromatic carbocycles. The van der Waals surface area contributed by atoms with Gasteiger partial charge in [0.25, 0.3) is 5.56 Å². The summed E-state index contributed by atoms with van der Waals surface area (Å²) in [7, 11) is 3.07. The van der Waals surface area contributed by atoms with Crippen molar-refractivity contribution in [3.63, 3.8) is 0 Å². The molecule has 1 aliphatic rings. The van der Waals surface area contributed by atoms with E-state index in [2.05, 4.69) is 15.0 Å². The second-order valence-corrected chi connectivity index (χ2v) is 6.50. The molecule has 3 rings (SSSR count). The van der Waals surface area contributed by atoms with Crippen LogP contribution in [-0.2, 0) is 11.8 Å². The summed E-state index contributed by atoms with van der Waals surface area (Å²) in [4.78, 5) is 28.3. The van der Waals surface area contributed by atoms with Gasteiger partial charge in [0, 0.05) is 39.8 Å². The Hall–Kier alpha value is -2.91. The Kier molecular flexibility index (Phi) is 6.62. The van der Waals surface area contributed by atoms with Crippen LogP contribution >= 0.6 is 0 Å². The molecule has 2 aromatic rings. The maximum absolute atomic E-state index is 11.7. The summed E-state index contributed by atoms with van der Waals surface area (Å²) in [6.07, 6.45) is 1.65. The van der Waals surface area contributed by atoms with Crippen molar-refractivity contribution in [2.45, 2.75) is 0 Å². The summed E-state index contributed by atoms with van der Waals surface area (Å²) >= 11 is 0. The number of hydrogen-bond donors (Lipinski definition) is 1. The topological polar surface area (TPSA) is 92.2 Å². The van der Waals surface area contributed by atoms with Gasteiger partial charge in [0.2, 0.25) is 0 Å². The third-order valence-electron chi connectivity index (χ3n) is 4.52. The van der Waals surface area contributed by atoms with Crippen molar-refractivity contribution in [1.82, 2.24) is 14.5 Å². The SMILES string of the molecule is CN(/N=C/c1ccc(OCCN2CCOCC2)cc1)c1cc(=O)n(C)c(=O)[nH]1. The summed E-state index contributed by atoms with van der Waals surface area (Å²) < 4.78 is 12.1. The van der Waals surface area contributed by atoms with Gasteiger partial charge < -0.3 is 9.47 Å². The van der Waals surface area contributed by atoms with E-state index < -0.39 is 5.69 Å². The summed E-state index contributed by atoms with van der Waals surface area (Å²) in [5, 5.41) is 5.70. The lowest BCUT2D eigenvalue weighted by molar-refractivity contribution is 0.0322. The Bertz CT molecular complexity index is 882. The van der Waals surface area contributed by atoms with Gasteiger partial charge in [-0.3, -0.25) is 24.3 Å². The number of benzene rings is 1. The zero-order valence-electron chi connectivity index (χ0n) is 16.1. The molecular formula is C19H25N5O4. The van der Waals surface area contributed by atoms with Crippen LogP contribution in [0.25, 0.3) is 0 Å². The van der Waals surface area contributed by atoms with Gasteiger partial charge in [-0.05, 0) is 29.8 Å². The highest BCUT2D eigenvalue weighted by Gasteiger charge is 2.09. The predicted octanol–water partition coefficient (Wildman–Crippen LogP) is 0.255. The second kappa shape index (κ2) is 9.34. The Labute approximate surface area is 162 Å². The number of nitrogens with one attached hydrogen (secondary N) is 1. The van der Waals surface area contributed by atoms with E-state index in [-0.39, 0.29) is 5.56 Å². The van der Waals surface area contributed by atoms with E-state index in [9.17, 15) is 9.59 Å². The van der Waals surface area contributed by atoms with E-state index >= 15 is 0 Å². The molecular weight excluding hydrogens is 362 g/mol. The molecule has 1 saturated heterocycles. The number of rotatable bonds is 7. The Morgan fingerprint density at radius 1 is 1.25 bits per heavy atom. The van der Waals surface area contributed by atoms with Crippen molar-refractivity contribution in [1.29, 1.82) is 0 Å². The van der Waals surface area contributed by atoms with E-state index in [1.165, 1.54) is 18.1 Å². The Balaban J connectivity index is 1.53. The average molecular weight is 387 g/mol. The van der Waals surface area contributed by atoms with Gasteiger partial charge in [0.05, 0.1) is 19.4 Å². The van der Waals surface area contributed by atoms with Crippen molar-refractivity contribution in [3.8, 4) is 5.75 Å². The van der Waals surface area contributed by atoms with E-state index in [0.29, 0.717) is 12.4 Å². The highest BCUT2D eigenvalue weighted by atomic mass is 16.5. The predicted molar refractivity (Wildman–Crippen MR) is 107 cm³/mol. The third-order valence-corrected chi connectivity index (χ3v) is 4.52. The van der Waals surface area contributed by atoms with Gasteiger partial charge in [0.1, 0.15) is 18.2 Å². The molecule has 0 amide bonds. The Morgan fingerprint density at radius 3 is 2.64 bits per heavy atom. The summed E-state index contributed by atoms with van der Waals surface area (Å²) in [6.45, 7) is 4.98. The smallest absolute Gasteiger partial charge is 0.329 e. The molecule has 0 radical (unpaired) electrons. The number of aromatic amines is 1. The molecule has 0 unspecified atom stereocenters. The van der Waals surface area contributed by atoms with Crippen molar-refractivity contribution in [2.24, 2.45) is 12.1 Å². The maximum Gasteiger partial charge on any atom is 0.329 e. The second-order valence-electron chi connectivity index (χ2n) is 6.50.